The van der Waals surface area contributed by atoms with Crippen molar-refractivity contribution in [2.24, 2.45) is 5.92 Å². The third-order valence-corrected chi connectivity index (χ3v) is 6.18. The zero-order chi connectivity index (χ0) is 17.9. The monoisotopic (exact) mass is 354 g/mol. The highest BCUT2D eigenvalue weighted by molar-refractivity contribution is 5.83. The number of nitrogens with zero attached hydrogens (tertiary/aromatic N) is 2. The molecule has 0 saturated carbocycles. The van der Waals surface area contributed by atoms with E-state index in [0.29, 0.717) is 5.92 Å². The summed E-state index contributed by atoms with van der Waals surface area (Å²) in [7, 11) is 0. The predicted molar refractivity (Wildman–Crippen MR) is 109 cm³/mol. The van der Waals surface area contributed by atoms with Crippen molar-refractivity contribution in [2.75, 3.05) is 32.7 Å². The lowest BCUT2D eigenvalue weighted by Crippen LogP contribution is -2.55. The molecule has 2 saturated heterocycles. The maximum atomic E-state index is 3.52. The number of H-pyrrole nitrogens is 1. The minimum absolute atomic E-state index is 0.691. The zero-order valence-electron chi connectivity index (χ0n) is 16.4. The van der Waals surface area contributed by atoms with Crippen molar-refractivity contribution in [2.45, 2.75) is 51.5 Å². The number of aromatic amines is 1. The largest absolute Gasteiger partial charge is 0.361 e. The summed E-state index contributed by atoms with van der Waals surface area (Å²) >= 11 is 0. The molecule has 2 N–H and O–H groups in total. The van der Waals surface area contributed by atoms with Gasteiger partial charge in [0, 0.05) is 42.8 Å². The van der Waals surface area contributed by atoms with Crippen LogP contribution in [0.15, 0.2) is 30.5 Å². The molecule has 2 aliphatic heterocycles. The molecule has 2 aromatic rings. The average molecular weight is 355 g/mol. The standard InChI is InChI=1S/C22H34N4/c1-17(2)16-26(19-7-11-23-12-8-19)25-13-9-18(10-14-25)21-15-24-22-6-4-3-5-20(21)22/h3-6,15,17-19,23-24H,7-14,16H2,1-2H3. The molecule has 2 aliphatic rings. The lowest BCUT2D eigenvalue weighted by Gasteiger charge is -2.46. The van der Waals surface area contributed by atoms with Gasteiger partial charge in [0.2, 0.25) is 0 Å². The van der Waals surface area contributed by atoms with E-state index < -0.39 is 0 Å². The Kier molecular flexibility index (Phi) is 5.63. The summed E-state index contributed by atoms with van der Waals surface area (Å²) < 4.78 is 0. The van der Waals surface area contributed by atoms with Gasteiger partial charge in [-0.05, 0) is 62.2 Å². The zero-order valence-corrected chi connectivity index (χ0v) is 16.4. The Morgan fingerprint density at radius 2 is 1.81 bits per heavy atom. The third kappa shape index (κ3) is 3.83. The van der Waals surface area contributed by atoms with Crippen LogP contribution in [0.5, 0.6) is 0 Å². The molecular weight excluding hydrogens is 320 g/mol. The summed E-state index contributed by atoms with van der Waals surface area (Å²) in [4.78, 5) is 3.47. The molecule has 4 heteroatoms. The summed E-state index contributed by atoms with van der Waals surface area (Å²) in [5, 5.41) is 10.4. The number of piperidine rings is 2. The maximum absolute atomic E-state index is 3.52. The molecular formula is C22H34N4. The van der Waals surface area contributed by atoms with Crippen LogP contribution in [-0.4, -0.2) is 53.8 Å². The summed E-state index contributed by atoms with van der Waals surface area (Å²) in [6.45, 7) is 10.6. The van der Waals surface area contributed by atoms with Gasteiger partial charge in [-0.1, -0.05) is 32.0 Å². The van der Waals surface area contributed by atoms with E-state index in [-0.39, 0.29) is 0 Å². The first kappa shape index (κ1) is 18.0. The first-order valence-corrected chi connectivity index (χ1v) is 10.5. The molecule has 1 aromatic heterocycles. The van der Waals surface area contributed by atoms with Crippen LogP contribution < -0.4 is 5.32 Å². The number of benzene rings is 1. The molecule has 4 rings (SSSR count). The molecule has 26 heavy (non-hydrogen) atoms. The van der Waals surface area contributed by atoms with Gasteiger partial charge in [-0.25, -0.2) is 10.0 Å². The molecule has 0 bridgehead atoms. The number of fused-ring (bicyclic) bond motifs is 1. The minimum atomic E-state index is 0.691. The van der Waals surface area contributed by atoms with Gasteiger partial charge in [0.05, 0.1) is 0 Å². The summed E-state index contributed by atoms with van der Waals surface area (Å²) in [6.07, 6.45) is 7.36. The highest BCUT2D eigenvalue weighted by Crippen LogP contribution is 2.34. The second-order valence-corrected chi connectivity index (χ2v) is 8.51. The number of hydrazine groups is 1. The van der Waals surface area contributed by atoms with Gasteiger partial charge in [0.25, 0.3) is 0 Å². The molecule has 4 nitrogen and oxygen atoms in total. The molecule has 0 atom stereocenters. The molecule has 0 aliphatic carbocycles. The lowest BCUT2D eigenvalue weighted by molar-refractivity contribution is -0.0896. The summed E-state index contributed by atoms with van der Waals surface area (Å²) in [5.41, 5.74) is 2.80. The SMILES string of the molecule is CC(C)CN(C1CCNCC1)N1CCC(c2c[nH]c3ccccc23)CC1. The molecule has 1 aromatic carbocycles. The van der Waals surface area contributed by atoms with Crippen molar-refractivity contribution in [1.29, 1.82) is 0 Å². The van der Waals surface area contributed by atoms with Crippen molar-refractivity contribution >= 4 is 10.9 Å². The van der Waals surface area contributed by atoms with Gasteiger partial charge in [-0.15, -0.1) is 0 Å². The predicted octanol–water partition coefficient (Wildman–Crippen LogP) is 3.97. The molecule has 2 fully saturated rings. The second kappa shape index (κ2) is 8.12. The number of hydrogen-bond donors (Lipinski definition) is 2. The van der Waals surface area contributed by atoms with E-state index in [0.717, 1.165) is 12.0 Å². The fraction of sp³-hybridized carbons (Fsp3) is 0.636. The van der Waals surface area contributed by atoms with Crippen LogP contribution in [0.3, 0.4) is 0 Å². The Labute approximate surface area is 157 Å². The van der Waals surface area contributed by atoms with E-state index in [4.69, 9.17) is 0 Å². The van der Waals surface area contributed by atoms with Gasteiger partial charge in [0.15, 0.2) is 0 Å². The van der Waals surface area contributed by atoms with Crippen molar-refractivity contribution in [3.05, 3.63) is 36.0 Å². The summed E-state index contributed by atoms with van der Waals surface area (Å²) in [6, 6.07) is 9.47. The molecule has 3 heterocycles. The number of aromatic nitrogens is 1. The average Bonchev–Trinajstić information content (AvgIpc) is 3.11. The quantitative estimate of drug-likeness (QED) is 0.852. The van der Waals surface area contributed by atoms with Crippen molar-refractivity contribution < 1.29 is 0 Å². The van der Waals surface area contributed by atoms with E-state index in [1.807, 2.05) is 0 Å². The summed E-state index contributed by atoms with van der Waals surface area (Å²) in [5.74, 6) is 1.41. The number of hydrogen-bond acceptors (Lipinski definition) is 3. The number of rotatable bonds is 5. The normalized spacial score (nSPS) is 21.2. The second-order valence-electron chi connectivity index (χ2n) is 8.51. The van der Waals surface area contributed by atoms with E-state index in [1.54, 1.807) is 0 Å². The van der Waals surface area contributed by atoms with E-state index >= 15 is 0 Å². The van der Waals surface area contributed by atoms with Gasteiger partial charge < -0.3 is 10.3 Å². The smallest absolute Gasteiger partial charge is 0.0456 e. The number of nitrogens with one attached hydrogen (secondary N) is 2. The highest BCUT2D eigenvalue weighted by Gasteiger charge is 2.30. The Morgan fingerprint density at radius 3 is 2.54 bits per heavy atom. The maximum Gasteiger partial charge on any atom is 0.0456 e. The van der Waals surface area contributed by atoms with Gasteiger partial charge in [-0.3, -0.25) is 0 Å². The van der Waals surface area contributed by atoms with Crippen LogP contribution >= 0.6 is 0 Å². The van der Waals surface area contributed by atoms with Crippen LogP contribution in [0.25, 0.3) is 10.9 Å². The van der Waals surface area contributed by atoms with Gasteiger partial charge in [0.1, 0.15) is 0 Å². The third-order valence-electron chi connectivity index (χ3n) is 6.18. The fourth-order valence-electron chi connectivity index (χ4n) is 4.84. The van der Waals surface area contributed by atoms with Crippen LogP contribution in [0.4, 0.5) is 0 Å². The van der Waals surface area contributed by atoms with Crippen LogP contribution in [-0.2, 0) is 0 Å². The Hall–Kier alpha value is -1.36. The van der Waals surface area contributed by atoms with E-state index in [1.165, 1.54) is 74.9 Å². The van der Waals surface area contributed by atoms with Gasteiger partial charge in [-0.2, -0.15) is 0 Å². The highest BCUT2D eigenvalue weighted by atomic mass is 15.6. The first-order valence-electron chi connectivity index (χ1n) is 10.5. The van der Waals surface area contributed by atoms with Crippen LogP contribution in [0.2, 0.25) is 0 Å². The minimum Gasteiger partial charge on any atom is -0.361 e. The molecule has 0 unspecified atom stereocenters. The van der Waals surface area contributed by atoms with E-state index in [9.17, 15) is 0 Å². The van der Waals surface area contributed by atoms with Gasteiger partial charge >= 0.3 is 0 Å². The Bertz CT molecular complexity index is 693. The number of para-hydroxylation sites is 1. The first-order chi connectivity index (χ1) is 12.7. The lowest BCUT2D eigenvalue weighted by atomic mass is 9.89. The van der Waals surface area contributed by atoms with Crippen LogP contribution in [0, 0.1) is 5.92 Å². The molecule has 0 spiro atoms. The topological polar surface area (TPSA) is 34.3 Å². The molecule has 142 valence electrons. The van der Waals surface area contributed by atoms with Crippen molar-refractivity contribution in [3.63, 3.8) is 0 Å². The van der Waals surface area contributed by atoms with E-state index in [2.05, 4.69) is 64.6 Å². The van der Waals surface area contributed by atoms with Crippen LogP contribution in [0.1, 0.15) is 51.0 Å². The van der Waals surface area contributed by atoms with Crippen molar-refractivity contribution in [1.82, 2.24) is 20.3 Å². The Balaban J connectivity index is 1.44. The van der Waals surface area contributed by atoms with Crippen molar-refractivity contribution in [3.8, 4) is 0 Å². The molecule has 0 radical (unpaired) electrons. The fourth-order valence-corrected chi connectivity index (χ4v) is 4.84. The molecule has 0 amide bonds. The Morgan fingerprint density at radius 1 is 1.08 bits per heavy atom.